The number of nitrogens with zero attached hydrogens (tertiary/aromatic N) is 6. The first-order valence-corrected chi connectivity index (χ1v) is 11.0. The lowest BCUT2D eigenvalue weighted by molar-refractivity contribution is -0.136. The highest BCUT2D eigenvalue weighted by atomic mass is 16.2. The summed E-state index contributed by atoms with van der Waals surface area (Å²) in [6.45, 7) is 1.71. The molecule has 2 aliphatic rings. The Morgan fingerprint density at radius 3 is 2.72 bits per heavy atom. The van der Waals surface area contributed by atoms with Gasteiger partial charge in [-0.15, -0.1) is 10.2 Å². The third kappa shape index (κ3) is 3.04. The number of likely N-dealkylation sites (tertiary alicyclic amines) is 1. The number of H-pyrrole nitrogens is 1. The Kier molecular flexibility index (Phi) is 4.41. The lowest BCUT2D eigenvalue weighted by Gasteiger charge is -2.32. The van der Waals surface area contributed by atoms with Crippen molar-refractivity contribution in [2.24, 2.45) is 5.92 Å². The Labute approximate surface area is 184 Å². The zero-order valence-electron chi connectivity index (χ0n) is 17.5. The van der Waals surface area contributed by atoms with Gasteiger partial charge in [0.05, 0.1) is 11.4 Å². The van der Waals surface area contributed by atoms with Gasteiger partial charge in [-0.25, -0.2) is 0 Å². The van der Waals surface area contributed by atoms with Crippen molar-refractivity contribution in [2.45, 2.75) is 25.2 Å². The van der Waals surface area contributed by atoms with Crippen molar-refractivity contribution in [3.05, 3.63) is 54.5 Å². The first-order valence-electron chi connectivity index (χ1n) is 11.0. The van der Waals surface area contributed by atoms with E-state index in [1.54, 1.807) is 4.90 Å². The van der Waals surface area contributed by atoms with Gasteiger partial charge in [0.2, 0.25) is 11.8 Å². The predicted octanol–water partition coefficient (Wildman–Crippen LogP) is 2.36. The molecule has 2 fully saturated rings. The molecule has 9 heteroatoms. The van der Waals surface area contributed by atoms with Gasteiger partial charge in [0, 0.05) is 43.6 Å². The van der Waals surface area contributed by atoms with Crippen LogP contribution in [-0.4, -0.2) is 61.1 Å². The first kappa shape index (κ1) is 19.0. The van der Waals surface area contributed by atoms with Crippen molar-refractivity contribution in [1.29, 1.82) is 0 Å². The molecule has 1 N–H and O–H groups in total. The molecular formula is C23H23N7O2. The number of aromatic amines is 1. The molecule has 3 aromatic heterocycles. The number of pyridine rings is 1. The van der Waals surface area contributed by atoms with Crippen LogP contribution in [0.4, 0.5) is 5.82 Å². The van der Waals surface area contributed by atoms with Crippen LogP contribution in [-0.2, 0) is 9.59 Å². The molecule has 0 saturated carbocycles. The van der Waals surface area contributed by atoms with Gasteiger partial charge < -0.3 is 4.90 Å². The number of amides is 2. The quantitative estimate of drug-likeness (QED) is 0.539. The number of nitrogens with one attached hydrogen (secondary N) is 1. The molecule has 1 atom stereocenters. The molecule has 2 saturated heterocycles. The maximum atomic E-state index is 13.2. The maximum Gasteiger partial charge on any atom is 0.229 e. The first-order chi connectivity index (χ1) is 15.7. The normalized spacial score (nSPS) is 20.0. The monoisotopic (exact) mass is 429 g/mol. The Morgan fingerprint density at radius 1 is 1.03 bits per heavy atom. The number of rotatable bonds is 3. The van der Waals surface area contributed by atoms with E-state index in [0.717, 1.165) is 35.2 Å². The fourth-order valence-electron chi connectivity index (χ4n) is 4.99. The summed E-state index contributed by atoms with van der Waals surface area (Å²) in [6, 6.07) is 13.6. The number of anilines is 1. The molecule has 5 heterocycles. The Hall–Kier alpha value is -3.75. The number of hydrogen-bond donors (Lipinski definition) is 1. The van der Waals surface area contributed by atoms with Crippen LogP contribution in [0.2, 0.25) is 0 Å². The van der Waals surface area contributed by atoms with E-state index in [9.17, 15) is 9.59 Å². The third-order valence-corrected chi connectivity index (χ3v) is 6.69. The van der Waals surface area contributed by atoms with Crippen molar-refractivity contribution >= 4 is 34.2 Å². The highest BCUT2D eigenvalue weighted by Crippen LogP contribution is 2.32. The fraction of sp³-hybridized carbons (Fsp3) is 0.348. The van der Waals surface area contributed by atoms with E-state index in [1.165, 1.54) is 0 Å². The molecule has 162 valence electrons. The van der Waals surface area contributed by atoms with Gasteiger partial charge in [-0.1, -0.05) is 18.2 Å². The van der Waals surface area contributed by atoms with Gasteiger partial charge in [0.1, 0.15) is 5.82 Å². The molecule has 6 rings (SSSR count). The number of benzene rings is 1. The van der Waals surface area contributed by atoms with Crippen molar-refractivity contribution in [3.8, 4) is 0 Å². The zero-order chi connectivity index (χ0) is 21.7. The highest BCUT2D eigenvalue weighted by molar-refractivity contribution is 6.05. The number of carbonyl (C=O) groups is 2. The fourth-order valence-corrected chi connectivity index (χ4v) is 4.99. The molecule has 0 aliphatic carbocycles. The second-order valence-corrected chi connectivity index (χ2v) is 8.58. The molecule has 0 radical (unpaired) electrons. The van der Waals surface area contributed by atoms with Gasteiger partial charge in [0.15, 0.2) is 11.5 Å². The van der Waals surface area contributed by atoms with Gasteiger partial charge in [-0.2, -0.15) is 5.10 Å². The number of piperidine rings is 1. The van der Waals surface area contributed by atoms with Crippen LogP contribution in [0.5, 0.6) is 0 Å². The minimum Gasteiger partial charge on any atom is -0.342 e. The van der Waals surface area contributed by atoms with Crippen LogP contribution >= 0.6 is 0 Å². The van der Waals surface area contributed by atoms with E-state index >= 15 is 0 Å². The third-order valence-electron chi connectivity index (χ3n) is 6.69. The number of para-hydroxylation sites is 1. The molecule has 4 aromatic rings. The SMILES string of the molecule is O=C(C1CC(=O)N(c2n[nH]c3ccccc23)C1)N1CCC(c2nnc3ccccn23)CC1. The molecule has 0 spiro atoms. The van der Waals surface area contributed by atoms with Gasteiger partial charge in [-0.3, -0.25) is 24.0 Å². The van der Waals surface area contributed by atoms with E-state index in [2.05, 4.69) is 20.4 Å². The summed E-state index contributed by atoms with van der Waals surface area (Å²) in [4.78, 5) is 29.5. The summed E-state index contributed by atoms with van der Waals surface area (Å²) in [7, 11) is 0. The van der Waals surface area contributed by atoms with Gasteiger partial charge >= 0.3 is 0 Å². The summed E-state index contributed by atoms with van der Waals surface area (Å²) in [5.74, 6) is 1.52. The lowest BCUT2D eigenvalue weighted by atomic mass is 9.94. The van der Waals surface area contributed by atoms with E-state index in [0.29, 0.717) is 25.5 Å². The van der Waals surface area contributed by atoms with Crippen LogP contribution in [0.1, 0.15) is 31.0 Å². The smallest absolute Gasteiger partial charge is 0.229 e. The Morgan fingerprint density at radius 2 is 1.84 bits per heavy atom. The zero-order valence-corrected chi connectivity index (χ0v) is 17.5. The van der Waals surface area contributed by atoms with Crippen molar-refractivity contribution in [3.63, 3.8) is 0 Å². The average molecular weight is 429 g/mol. The molecule has 32 heavy (non-hydrogen) atoms. The molecule has 0 bridgehead atoms. The van der Waals surface area contributed by atoms with E-state index < -0.39 is 0 Å². The molecule has 9 nitrogen and oxygen atoms in total. The maximum absolute atomic E-state index is 13.2. The van der Waals surface area contributed by atoms with Crippen LogP contribution in [0.15, 0.2) is 48.7 Å². The standard InChI is InChI=1S/C23H23N7O2/c31-20-13-16(14-30(20)22-17-5-1-2-6-18(17)24-27-22)23(32)28-11-8-15(9-12-28)21-26-25-19-7-3-4-10-29(19)21/h1-7,10,15-16H,8-9,11-14H2,(H,24,27). The molecule has 2 amide bonds. The van der Waals surface area contributed by atoms with E-state index in [-0.39, 0.29) is 30.1 Å². The number of carbonyl (C=O) groups excluding carboxylic acids is 2. The average Bonchev–Trinajstić information content (AvgIpc) is 3.55. The minimum atomic E-state index is -0.330. The van der Waals surface area contributed by atoms with Gasteiger partial charge in [-0.05, 0) is 37.1 Å². The number of fused-ring (bicyclic) bond motifs is 2. The van der Waals surface area contributed by atoms with Crippen molar-refractivity contribution in [1.82, 2.24) is 29.7 Å². The Balaban J connectivity index is 1.13. The van der Waals surface area contributed by atoms with Crippen LogP contribution < -0.4 is 4.90 Å². The van der Waals surface area contributed by atoms with Crippen molar-refractivity contribution in [2.75, 3.05) is 24.5 Å². The van der Waals surface area contributed by atoms with Gasteiger partial charge in [0.25, 0.3) is 0 Å². The molecular weight excluding hydrogens is 406 g/mol. The second-order valence-electron chi connectivity index (χ2n) is 8.58. The van der Waals surface area contributed by atoms with E-state index in [1.807, 2.05) is 58.0 Å². The summed E-state index contributed by atoms with van der Waals surface area (Å²) < 4.78 is 2.03. The van der Waals surface area contributed by atoms with Crippen molar-refractivity contribution < 1.29 is 9.59 Å². The van der Waals surface area contributed by atoms with Crippen LogP contribution in [0.3, 0.4) is 0 Å². The Bertz CT molecular complexity index is 1320. The summed E-state index contributed by atoms with van der Waals surface area (Å²) in [6.07, 6.45) is 3.90. The highest BCUT2D eigenvalue weighted by Gasteiger charge is 2.39. The summed E-state index contributed by atoms with van der Waals surface area (Å²) >= 11 is 0. The number of aromatic nitrogens is 5. The lowest BCUT2D eigenvalue weighted by Crippen LogP contribution is -2.42. The second kappa shape index (κ2) is 7.44. The minimum absolute atomic E-state index is 0.0505. The molecule has 2 aliphatic heterocycles. The molecule has 1 unspecified atom stereocenters. The van der Waals surface area contributed by atoms with E-state index in [4.69, 9.17) is 0 Å². The number of hydrogen-bond acceptors (Lipinski definition) is 5. The topological polar surface area (TPSA) is 99.5 Å². The summed E-state index contributed by atoms with van der Waals surface area (Å²) in [5.41, 5.74) is 1.73. The predicted molar refractivity (Wildman–Crippen MR) is 118 cm³/mol. The van der Waals surface area contributed by atoms with Crippen LogP contribution in [0, 0.1) is 5.92 Å². The molecule has 1 aromatic carbocycles. The largest absolute Gasteiger partial charge is 0.342 e. The summed E-state index contributed by atoms with van der Waals surface area (Å²) in [5, 5.41) is 16.8. The van der Waals surface area contributed by atoms with Crippen LogP contribution in [0.25, 0.3) is 16.6 Å².